The van der Waals surface area contributed by atoms with Crippen molar-refractivity contribution in [3.8, 4) is 11.8 Å². The van der Waals surface area contributed by atoms with E-state index in [1.54, 1.807) is 13.8 Å². The Morgan fingerprint density at radius 3 is 2.38 bits per heavy atom. The number of rotatable bonds is 5. The zero-order valence-electron chi connectivity index (χ0n) is 21.3. The summed E-state index contributed by atoms with van der Waals surface area (Å²) in [5, 5.41) is 11.6. The molecule has 1 heterocycles. The lowest BCUT2D eigenvalue weighted by Crippen LogP contribution is -2.16. The first kappa shape index (κ1) is 26.9. The Labute approximate surface area is 224 Å². The summed E-state index contributed by atoms with van der Waals surface area (Å²) in [6.45, 7) is 3.53. The van der Waals surface area contributed by atoms with Gasteiger partial charge in [0.25, 0.3) is 0 Å². The van der Waals surface area contributed by atoms with Gasteiger partial charge in [0.1, 0.15) is 17.5 Å². The van der Waals surface area contributed by atoms with E-state index in [-0.39, 0.29) is 23.7 Å². The van der Waals surface area contributed by atoms with E-state index in [2.05, 4.69) is 27.6 Å². The zero-order valence-corrected chi connectivity index (χ0v) is 21.3. The summed E-state index contributed by atoms with van der Waals surface area (Å²) in [5.41, 5.74) is 3.34. The third kappa shape index (κ3) is 7.19. The van der Waals surface area contributed by atoms with Crippen LogP contribution in [-0.4, -0.2) is 23.3 Å². The molecule has 3 aromatic carbocycles. The predicted octanol–water partition coefficient (Wildman–Crippen LogP) is 5.61. The molecule has 4 aromatic rings. The van der Waals surface area contributed by atoms with Crippen LogP contribution in [0.4, 0.5) is 16.2 Å². The summed E-state index contributed by atoms with van der Waals surface area (Å²) in [7, 11) is 0. The van der Waals surface area contributed by atoms with Crippen LogP contribution in [0.25, 0.3) is 10.8 Å². The van der Waals surface area contributed by atoms with E-state index in [1.165, 1.54) is 0 Å². The van der Waals surface area contributed by atoms with E-state index in [0.29, 0.717) is 11.4 Å². The van der Waals surface area contributed by atoms with Crippen molar-refractivity contribution >= 4 is 40.3 Å². The molecule has 0 aliphatic heterocycles. The largest absolute Gasteiger partial charge is 0.441 e. The van der Waals surface area contributed by atoms with Crippen molar-refractivity contribution in [3.63, 3.8) is 0 Å². The number of ether oxygens (including phenoxy) is 1. The molecule has 0 radical (unpaired) electrons. The summed E-state index contributed by atoms with van der Waals surface area (Å²) in [6.07, 6.45) is 1.16. The molecule has 1 unspecified atom stereocenters. The third-order valence-corrected chi connectivity index (χ3v) is 6.02. The van der Waals surface area contributed by atoms with Crippen molar-refractivity contribution in [3.05, 3.63) is 89.3 Å². The summed E-state index contributed by atoms with van der Waals surface area (Å²) in [4.78, 5) is 40.7. The topological polar surface area (TPSA) is 128 Å². The molecule has 2 N–H and O–H groups in total. The maximum Gasteiger partial charge on any atom is 0.412 e. The number of hydrogen-bond donors (Lipinski definition) is 2. The molecule has 1 saturated carbocycles. The molecule has 1 aliphatic carbocycles. The van der Waals surface area contributed by atoms with Crippen LogP contribution in [0, 0.1) is 24.7 Å². The van der Waals surface area contributed by atoms with Crippen molar-refractivity contribution in [1.29, 1.82) is 0 Å². The first-order valence-corrected chi connectivity index (χ1v) is 12.2. The van der Waals surface area contributed by atoms with E-state index in [1.807, 2.05) is 66.7 Å². The van der Waals surface area contributed by atoms with E-state index in [0.717, 1.165) is 40.4 Å². The highest BCUT2D eigenvalue weighted by molar-refractivity contribution is 5.97. The Morgan fingerprint density at radius 1 is 0.974 bits per heavy atom. The van der Waals surface area contributed by atoms with Crippen LogP contribution in [0.3, 0.4) is 0 Å². The number of amides is 2. The summed E-state index contributed by atoms with van der Waals surface area (Å²) < 4.78 is 10.8. The monoisotopic (exact) mass is 523 g/mol. The molecule has 9 heteroatoms. The number of anilines is 2. The lowest BCUT2D eigenvalue weighted by Gasteiger charge is -2.13. The van der Waals surface area contributed by atoms with Gasteiger partial charge in [-0.05, 0) is 73.2 Å². The second-order valence-corrected chi connectivity index (χ2v) is 8.93. The Morgan fingerprint density at radius 2 is 1.67 bits per heavy atom. The van der Waals surface area contributed by atoms with Gasteiger partial charge < -0.3 is 14.6 Å². The second kappa shape index (κ2) is 12.4. The number of fused-ring (bicyclic) bond motifs is 1. The average molecular weight is 524 g/mol. The number of hydrogen-bond acceptors (Lipinski definition) is 7. The molecule has 1 aromatic heterocycles. The molecule has 5 rings (SSSR count). The molecule has 9 nitrogen and oxygen atoms in total. The minimum absolute atomic E-state index is 0.0852. The van der Waals surface area contributed by atoms with Gasteiger partial charge in [0.2, 0.25) is 11.7 Å². The van der Waals surface area contributed by atoms with Crippen molar-refractivity contribution in [2.24, 2.45) is 5.92 Å². The Kier molecular flexibility index (Phi) is 8.52. The first-order chi connectivity index (χ1) is 18.9. The highest BCUT2D eigenvalue weighted by atomic mass is 16.6. The van der Waals surface area contributed by atoms with Crippen molar-refractivity contribution in [2.45, 2.75) is 32.8 Å². The fourth-order valence-corrected chi connectivity index (χ4v) is 3.81. The number of carbonyl (C=O) groups excluding carboxylic acids is 4. The van der Waals surface area contributed by atoms with E-state index < -0.39 is 12.2 Å². The number of carbonyl (C=O) groups is 2. The Balaban J connectivity index is 0.00000112. The lowest BCUT2D eigenvalue weighted by molar-refractivity contribution is -0.191. The maximum absolute atomic E-state index is 12.5. The van der Waals surface area contributed by atoms with Crippen LogP contribution in [-0.2, 0) is 19.1 Å². The smallest absolute Gasteiger partial charge is 0.412 e. The average Bonchev–Trinajstić information content (AvgIpc) is 3.73. The van der Waals surface area contributed by atoms with Crippen LogP contribution < -0.4 is 10.6 Å². The molecule has 0 bridgehead atoms. The molecule has 0 spiro atoms. The minimum atomic E-state index is -0.615. The summed E-state index contributed by atoms with van der Waals surface area (Å²) >= 11 is 0. The molecule has 1 aliphatic rings. The fourth-order valence-electron chi connectivity index (χ4n) is 3.81. The molecule has 2 amide bonds. The number of nitrogens with zero attached hydrogens (tertiary/aromatic N) is 1. The molecule has 196 valence electrons. The molecule has 1 atom stereocenters. The van der Waals surface area contributed by atoms with E-state index in [9.17, 15) is 9.59 Å². The molecule has 39 heavy (non-hydrogen) atoms. The third-order valence-electron chi connectivity index (χ3n) is 6.02. The van der Waals surface area contributed by atoms with Gasteiger partial charge in [-0.25, -0.2) is 4.79 Å². The Bertz CT molecular complexity index is 1590. The van der Waals surface area contributed by atoms with Gasteiger partial charge in [-0.15, -0.1) is 0 Å². The van der Waals surface area contributed by atoms with Crippen LogP contribution >= 0.6 is 0 Å². The summed E-state index contributed by atoms with van der Waals surface area (Å²) in [5.74, 6) is 6.52. The lowest BCUT2D eigenvalue weighted by atomic mass is 10.1. The van der Waals surface area contributed by atoms with Crippen LogP contribution in [0.5, 0.6) is 0 Å². The van der Waals surface area contributed by atoms with Crippen molar-refractivity contribution < 1.29 is 28.4 Å². The Hall–Kier alpha value is -5.19. The number of aromatic nitrogens is 1. The molecule has 0 saturated heterocycles. The predicted molar refractivity (Wildman–Crippen MR) is 142 cm³/mol. The van der Waals surface area contributed by atoms with Gasteiger partial charge in [-0.1, -0.05) is 53.5 Å². The quantitative estimate of drug-likeness (QED) is 0.325. The fraction of sp³-hybridized carbons (Fsp3) is 0.200. The number of aryl methyl sites for hydroxylation is 1. The zero-order chi connectivity index (χ0) is 27.8. The van der Waals surface area contributed by atoms with E-state index in [4.69, 9.17) is 18.8 Å². The number of benzene rings is 3. The summed E-state index contributed by atoms with van der Waals surface area (Å²) in [6, 6.07) is 21.1. The van der Waals surface area contributed by atoms with Crippen LogP contribution in [0.1, 0.15) is 48.5 Å². The highest BCUT2D eigenvalue weighted by Gasteiger charge is 2.29. The van der Waals surface area contributed by atoms with Crippen molar-refractivity contribution in [1.82, 2.24) is 5.16 Å². The van der Waals surface area contributed by atoms with Crippen molar-refractivity contribution in [2.75, 3.05) is 10.6 Å². The van der Waals surface area contributed by atoms with Gasteiger partial charge in [0.15, 0.2) is 0 Å². The first-order valence-electron chi connectivity index (χ1n) is 12.2. The normalized spacial score (nSPS) is 12.6. The van der Waals surface area contributed by atoms with Gasteiger partial charge in [0.05, 0.1) is 0 Å². The second-order valence-electron chi connectivity index (χ2n) is 8.93. The molecule has 1 fully saturated rings. The SMILES string of the molecule is Cc1noc(C#Cc2ccc3cc(NC(=O)C4CC4)ccc3c2)c1NC(=O)OC(C)c1ccccc1.O=C=O. The van der Waals surface area contributed by atoms with Gasteiger partial charge in [0, 0.05) is 17.2 Å². The maximum atomic E-state index is 12.5. The van der Waals surface area contributed by atoms with Gasteiger partial charge in [-0.3, -0.25) is 10.1 Å². The van der Waals surface area contributed by atoms with E-state index >= 15 is 0 Å². The van der Waals surface area contributed by atoms with Crippen LogP contribution in [0.15, 0.2) is 71.3 Å². The standard InChI is InChI=1S/C29H25N3O4.CO2/c1-18-27(31-29(34)35-19(2)21-6-4-3-5-7-21)26(36-32-18)15-9-20-8-10-24-17-25(14-13-23(24)16-20)30-28(33)22-11-12-22;2-1-3/h3-8,10,13-14,16-17,19,22H,11-12H2,1-2H3,(H,30,33)(H,31,34);. The number of nitrogens with one attached hydrogen (secondary N) is 2. The van der Waals surface area contributed by atoms with Crippen LogP contribution in [0.2, 0.25) is 0 Å². The minimum Gasteiger partial charge on any atom is -0.441 e. The molecular formula is C30H25N3O6. The highest BCUT2D eigenvalue weighted by Crippen LogP contribution is 2.31. The van der Waals surface area contributed by atoms with Gasteiger partial charge in [-0.2, -0.15) is 9.59 Å². The molecular weight excluding hydrogens is 498 g/mol. The van der Waals surface area contributed by atoms with Gasteiger partial charge >= 0.3 is 12.2 Å².